The summed E-state index contributed by atoms with van der Waals surface area (Å²) >= 11 is 0. The van der Waals surface area contributed by atoms with Crippen molar-refractivity contribution in [2.45, 2.75) is 52.0 Å². The summed E-state index contributed by atoms with van der Waals surface area (Å²) in [5.74, 6) is 0.656. The molecule has 0 saturated carbocycles. The van der Waals surface area contributed by atoms with Crippen molar-refractivity contribution >= 4 is 0 Å². The SMILES string of the molecule is CCCNC(CCC)CCc1nccnc1OC. The fraction of sp³-hybridized carbons (Fsp3) is 0.714. The van der Waals surface area contributed by atoms with Gasteiger partial charge in [-0.05, 0) is 32.2 Å². The van der Waals surface area contributed by atoms with Crippen LogP contribution in [-0.4, -0.2) is 29.7 Å². The Bertz CT molecular complexity index is 331. The van der Waals surface area contributed by atoms with Crippen LogP contribution in [0.1, 0.15) is 45.2 Å². The van der Waals surface area contributed by atoms with E-state index in [0.717, 1.165) is 25.1 Å². The fourth-order valence-corrected chi connectivity index (χ4v) is 2.05. The summed E-state index contributed by atoms with van der Waals surface area (Å²) in [5, 5.41) is 3.59. The van der Waals surface area contributed by atoms with Crippen molar-refractivity contribution in [3.8, 4) is 5.88 Å². The molecule has 0 saturated heterocycles. The Hall–Kier alpha value is -1.16. The Balaban J connectivity index is 2.49. The molecule has 18 heavy (non-hydrogen) atoms. The molecule has 1 rings (SSSR count). The summed E-state index contributed by atoms with van der Waals surface area (Å²) in [4.78, 5) is 8.52. The number of aryl methyl sites for hydroxylation is 1. The zero-order valence-electron chi connectivity index (χ0n) is 11.8. The normalized spacial score (nSPS) is 12.4. The number of hydrogen-bond donors (Lipinski definition) is 1. The van der Waals surface area contributed by atoms with E-state index in [1.165, 1.54) is 19.3 Å². The van der Waals surface area contributed by atoms with Gasteiger partial charge in [0, 0.05) is 18.4 Å². The second kappa shape index (κ2) is 8.86. The second-order valence-electron chi connectivity index (χ2n) is 4.49. The summed E-state index contributed by atoms with van der Waals surface area (Å²) in [6.07, 6.45) is 8.99. The number of methoxy groups -OCH3 is 1. The molecular formula is C14H25N3O. The molecule has 0 amide bonds. The standard InChI is InChI=1S/C14H25N3O/c1-4-6-12(15-9-5-2)7-8-13-14(18-3)17-11-10-16-13/h10-12,15H,4-9H2,1-3H3. The molecule has 1 aromatic heterocycles. The minimum Gasteiger partial charge on any atom is -0.480 e. The van der Waals surface area contributed by atoms with E-state index in [4.69, 9.17) is 4.74 Å². The van der Waals surface area contributed by atoms with Crippen LogP contribution < -0.4 is 10.1 Å². The first-order valence-electron chi connectivity index (χ1n) is 6.89. The summed E-state index contributed by atoms with van der Waals surface area (Å²) in [7, 11) is 1.65. The van der Waals surface area contributed by atoms with Crippen molar-refractivity contribution in [1.82, 2.24) is 15.3 Å². The molecule has 0 aliphatic carbocycles. The lowest BCUT2D eigenvalue weighted by molar-refractivity contribution is 0.384. The number of aromatic nitrogens is 2. The molecule has 0 aliphatic heterocycles. The van der Waals surface area contributed by atoms with Gasteiger partial charge in [-0.3, -0.25) is 4.98 Å². The van der Waals surface area contributed by atoms with Gasteiger partial charge < -0.3 is 10.1 Å². The molecule has 0 radical (unpaired) electrons. The van der Waals surface area contributed by atoms with Gasteiger partial charge in [0.05, 0.1) is 7.11 Å². The Morgan fingerprint density at radius 2 is 1.94 bits per heavy atom. The van der Waals surface area contributed by atoms with E-state index in [1.807, 2.05) is 0 Å². The number of nitrogens with one attached hydrogen (secondary N) is 1. The first kappa shape index (κ1) is 14.9. The molecule has 0 bridgehead atoms. The van der Waals surface area contributed by atoms with Crippen LogP contribution in [0.15, 0.2) is 12.4 Å². The predicted octanol–water partition coefficient (Wildman–Crippen LogP) is 2.59. The maximum absolute atomic E-state index is 5.22. The lowest BCUT2D eigenvalue weighted by atomic mass is 10.0. The number of rotatable bonds is 9. The monoisotopic (exact) mass is 251 g/mol. The molecule has 1 atom stereocenters. The van der Waals surface area contributed by atoms with E-state index < -0.39 is 0 Å². The molecule has 4 heteroatoms. The van der Waals surface area contributed by atoms with Crippen molar-refractivity contribution < 1.29 is 4.74 Å². The molecule has 0 aliphatic rings. The van der Waals surface area contributed by atoms with E-state index in [0.29, 0.717) is 11.9 Å². The molecular weight excluding hydrogens is 226 g/mol. The lowest BCUT2D eigenvalue weighted by Gasteiger charge is -2.17. The number of nitrogens with zero attached hydrogens (tertiary/aromatic N) is 2. The van der Waals surface area contributed by atoms with Gasteiger partial charge in [0.2, 0.25) is 5.88 Å². The van der Waals surface area contributed by atoms with E-state index in [9.17, 15) is 0 Å². The van der Waals surface area contributed by atoms with Crippen molar-refractivity contribution in [2.75, 3.05) is 13.7 Å². The highest BCUT2D eigenvalue weighted by atomic mass is 16.5. The molecule has 4 nitrogen and oxygen atoms in total. The zero-order chi connectivity index (χ0) is 13.2. The van der Waals surface area contributed by atoms with Crippen LogP contribution in [0.25, 0.3) is 0 Å². The molecule has 0 spiro atoms. The first-order valence-corrected chi connectivity index (χ1v) is 6.89. The van der Waals surface area contributed by atoms with E-state index >= 15 is 0 Å². The van der Waals surface area contributed by atoms with Crippen LogP contribution >= 0.6 is 0 Å². The molecule has 102 valence electrons. The molecule has 1 N–H and O–H groups in total. The van der Waals surface area contributed by atoms with Gasteiger partial charge in [0.25, 0.3) is 0 Å². The summed E-state index contributed by atoms with van der Waals surface area (Å²) in [6.45, 7) is 5.51. The highest BCUT2D eigenvalue weighted by molar-refractivity contribution is 5.17. The third-order valence-corrected chi connectivity index (χ3v) is 2.98. The van der Waals surface area contributed by atoms with Gasteiger partial charge in [-0.1, -0.05) is 20.3 Å². The lowest BCUT2D eigenvalue weighted by Crippen LogP contribution is -2.30. The van der Waals surface area contributed by atoms with Gasteiger partial charge >= 0.3 is 0 Å². The third-order valence-electron chi connectivity index (χ3n) is 2.98. The minimum absolute atomic E-state index is 0.571. The largest absolute Gasteiger partial charge is 0.480 e. The van der Waals surface area contributed by atoms with Crippen LogP contribution in [0.4, 0.5) is 0 Å². The Labute approximate surface area is 110 Å². The molecule has 0 aromatic carbocycles. The number of hydrogen-bond acceptors (Lipinski definition) is 4. The van der Waals surface area contributed by atoms with Crippen LogP contribution in [-0.2, 0) is 6.42 Å². The van der Waals surface area contributed by atoms with Crippen molar-refractivity contribution in [2.24, 2.45) is 0 Å². The van der Waals surface area contributed by atoms with Crippen molar-refractivity contribution in [1.29, 1.82) is 0 Å². The zero-order valence-corrected chi connectivity index (χ0v) is 11.8. The molecule has 1 unspecified atom stereocenters. The van der Waals surface area contributed by atoms with Crippen LogP contribution in [0, 0.1) is 0 Å². The Morgan fingerprint density at radius 1 is 1.17 bits per heavy atom. The predicted molar refractivity (Wildman–Crippen MR) is 73.9 cm³/mol. The smallest absolute Gasteiger partial charge is 0.235 e. The maximum Gasteiger partial charge on any atom is 0.235 e. The van der Waals surface area contributed by atoms with Gasteiger partial charge in [-0.15, -0.1) is 0 Å². The molecule has 0 fully saturated rings. The summed E-state index contributed by atoms with van der Waals surface area (Å²) in [5.41, 5.74) is 0.958. The van der Waals surface area contributed by atoms with E-state index in [2.05, 4.69) is 29.1 Å². The molecule has 1 aromatic rings. The summed E-state index contributed by atoms with van der Waals surface area (Å²) in [6, 6.07) is 0.571. The van der Waals surface area contributed by atoms with E-state index in [1.54, 1.807) is 19.5 Å². The third kappa shape index (κ3) is 5.00. The second-order valence-corrected chi connectivity index (χ2v) is 4.49. The van der Waals surface area contributed by atoms with Gasteiger partial charge in [-0.25, -0.2) is 4.98 Å². The van der Waals surface area contributed by atoms with Crippen LogP contribution in [0.5, 0.6) is 5.88 Å². The van der Waals surface area contributed by atoms with Gasteiger partial charge in [-0.2, -0.15) is 0 Å². The topological polar surface area (TPSA) is 47.0 Å². The Morgan fingerprint density at radius 3 is 2.61 bits per heavy atom. The highest BCUT2D eigenvalue weighted by Gasteiger charge is 2.10. The quantitative estimate of drug-likeness (QED) is 0.733. The van der Waals surface area contributed by atoms with Gasteiger partial charge in [0.15, 0.2) is 0 Å². The first-order chi connectivity index (χ1) is 8.81. The van der Waals surface area contributed by atoms with Gasteiger partial charge in [0.1, 0.15) is 5.69 Å². The average Bonchev–Trinajstić information content (AvgIpc) is 2.42. The highest BCUT2D eigenvalue weighted by Crippen LogP contribution is 2.14. The number of ether oxygens (including phenoxy) is 1. The minimum atomic E-state index is 0.571. The maximum atomic E-state index is 5.22. The Kier molecular flexibility index (Phi) is 7.34. The van der Waals surface area contributed by atoms with E-state index in [-0.39, 0.29) is 0 Å². The molecule has 1 heterocycles. The van der Waals surface area contributed by atoms with Crippen molar-refractivity contribution in [3.63, 3.8) is 0 Å². The fourth-order valence-electron chi connectivity index (χ4n) is 2.05. The summed E-state index contributed by atoms with van der Waals surface area (Å²) < 4.78 is 5.22. The average molecular weight is 251 g/mol. The van der Waals surface area contributed by atoms with Crippen LogP contribution in [0.3, 0.4) is 0 Å². The van der Waals surface area contributed by atoms with Crippen LogP contribution in [0.2, 0.25) is 0 Å². The van der Waals surface area contributed by atoms with Crippen molar-refractivity contribution in [3.05, 3.63) is 18.1 Å².